The maximum absolute atomic E-state index is 12.5. The first kappa shape index (κ1) is 16.8. The number of rotatable bonds is 4. The second kappa shape index (κ2) is 6.55. The largest absolute Gasteiger partial charge is 0.345 e. The number of carbonyl (C=O) groups is 3. The molecule has 0 spiro atoms. The zero-order chi connectivity index (χ0) is 18.3. The number of likely N-dealkylation sites (tertiary alicyclic amines) is 1. The van der Waals surface area contributed by atoms with Gasteiger partial charge in [0.2, 0.25) is 17.7 Å². The molecule has 1 saturated carbocycles. The molecule has 2 aromatic rings. The number of amides is 3. The summed E-state index contributed by atoms with van der Waals surface area (Å²) in [5.74, 6) is -0.531. The van der Waals surface area contributed by atoms with Crippen LogP contribution in [0.4, 0.5) is 0 Å². The van der Waals surface area contributed by atoms with E-state index in [1.165, 1.54) is 0 Å². The summed E-state index contributed by atoms with van der Waals surface area (Å²) in [5, 5.41) is 2.83. The van der Waals surface area contributed by atoms with Gasteiger partial charge in [0.25, 0.3) is 0 Å². The number of para-hydroxylation sites is 2. The molecule has 1 aliphatic carbocycles. The molecule has 2 N–H and O–H groups in total. The van der Waals surface area contributed by atoms with E-state index in [1.54, 1.807) is 0 Å². The van der Waals surface area contributed by atoms with Gasteiger partial charge < -0.3 is 10.3 Å². The highest BCUT2D eigenvalue weighted by Crippen LogP contribution is 2.37. The topological polar surface area (TPSA) is 95.2 Å². The lowest BCUT2D eigenvalue weighted by Gasteiger charge is -2.19. The summed E-state index contributed by atoms with van der Waals surface area (Å²) >= 11 is 0. The van der Waals surface area contributed by atoms with E-state index >= 15 is 0 Å². The first-order valence-corrected chi connectivity index (χ1v) is 9.14. The van der Waals surface area contributed by atoms with Crippen molar-refractivity contribution in [2.45, 2.75) is 38.6 Å². The Balaban J connectivity index is 1.42. The van der Waals surface area contributed by atoms with Crippen LogP contribution in [-0.4, -0.2) is 39.1 Å². The summed E-state index contributed by atoms with van der Waals surface area (Å²) < 4.78 is 0. The van der Waals surface area contributed by atoms with E-state index in [4.69, 9.17) is 0 Å². The third kappa shape index (κ3) is 2.87. The van der Waals surface area contributed by atoms with Crippen molar-refractivity contribution in [1.29, 1.82) is 0 Å². The molecule has 1 aromatic heterocycles. The van der Waals surface area contributed by atoms with Crippen LogP contribution in [0.5, 0.6) is 0 Å². The average molecular weight is 354 g/mol. The minimum atomic E-state index is -0.349. The van der Waals surface area contributed by atoms with Crippen molar-refractivity contribution in [3.63, 3.8) is 0 Å². The number of imide groups is 1. The highest BCUT2D eigenvalue weighted by molar-refractivity contribution is 6.07. The number of benzene rings is 1. The highest BCUT2D eigenvalue weighted by atomic mass is 16.2. The SMILES string of the molecule is CC(NC(=O)CN1C(=O)C2CCCCC2C1=O)c1nc2ccccc2[nH]1. The van der Waals surface area contributed by atoms with E-state index in [1.807, 2.05) is 31.2 Å². The molecular formula is C19H22N4O3. The number of H-pyrrole nitrogens is 1. The molecule has 1 aliphatic heterocycles. The number of carbonyl (C=O) groups excluding carboxylic acids is 3. The predicted molar refractivity (Wildman–Crippen MR) is 94.8 cm³/mol. The third-order valence-electron chi connectivity index (χ3n) is 5.43. The number of fused-ring (bicyclic) bond motifs is 2. The summed E-state index contributed by atoms with van der Waals surface area (Å²) in [4.78, 5) is 46.1. The number of nitrogens with zero attached hydrogens (tertiary/aromatic N) is 2. The summed E-state index contributed by atoms with van der Waals surface area (Å²) in [7, 11) is 0. The number of aromatic amines is 1. The second-order valence-corrected chi connectivity index (χ2v) is 7.19. The fourth-order valence-corrected chi connectivity index (χ4v) is 4.06. The Kier molecular flexibility index (Phi) is 4.22. The maximum Gasteiger partial charge on any atom is 0.240 e. The lowest BCUT2D eigenvalue weighted by molar-refractivity contribution is -0.143. The first-order valence-electron chi connectivity index (χ1n) is 9.14. The van der Waals surface area contributed by atoms with Crippen LogP contribution in [0.2, 0.25) is 0 Å². The normalized spacial score (nSPS) is 24.0. The standard InChI is InChI=1S/C19H22N4O3/c1-11(17-21-14-8-4-5-9-15(14)22-17)20-16(24)10-23-18(25)12-6-2-3-7-13(12)19(23)26/h4-5,8-9,11-13H,2-3,6-7,10H2,1H3,(H,20,24)(H,21,22). The van der Waals surface area contributed by atoms with Crippen molar-refractivity contribution in [2.75, 3.05) is 6.54 Å². The van der Waals surface area contributed by atoms with E-state index in [-0.39, 0.29) is 42.1 Å². The minimum Gasteiger partial charge on any atom is -0.345 e. The fraction of sp³-hybridized carbons (Fsp3) is 0.474. The van der Waals surface area contributed by atoms with E-state index in [0.717, 1.165) is 41.6 Å². The molecule has 2 aliphatic rings. The van der Waals surface area contributed by atoms with Crippen molar-refractivity contribution in [3.8, 4) is 0 Å². The Labute approximate surface area is 151 Å². The van der Waals surface area contributed by atoms with Crippen LogP contribution in [0.25, 0.3) is 11.0 Å². The molecular weight excluding hydrogens is 332 g/mol. The summed E-state index contributed by atoms with van der Waals surface area (Å²) in [6, 6.07) is 7.29. The second-order valence-electron chi connectivity index (χ2n) is 7.19. The monoisotopic (exact) mass is 354 g/mol. The van der Waals surface area contributed by atoms with Crippen LogP contribution in [-0.2, 0) is 14.4 Å². The van der Waals surface area contributed by atoms with Gasteiger partial charge in [-0.25, -0.2) is 4.98 Å². The highest BCUT2D eigenvalue weighted by Gasteiger charge is 2.48. The van der Waals surface area contributed by atoms with Crippen molar-refractivity contribution in [3.05, 3.63) is 30.1 Å². The molecule has 3 amide bonds. The first-order chi connectivity index (χ1) is 12.5. The predicted octanol–water partition coefficient (Wildman–Crippen LogP) is 1.92. The average Bonchev–Trinajstić information content (AvgIpc) is 3.18. The van der Waals surface area contributed by atoms with E-state index < -0.39 is 0 Å². The van der Waals surface area contributed by atoms with Crippen molar-refractivity contribution >= 4 is 28.8 Å². The van der Waals surface area contributed by atoms with Gasteiger partial charge in [0.15, 0.2) is 0 Å². The number of aromatic nitrogens is 2. The summed E-state index contributed by atoms with van der Waals surface area (Å²) in [6.45, 7) is 1.61. The van der Waals surface area contributed by atoms with Gasteiger partial charge in [0.05, 0.1) is 28.9 Å². The van der Waals surface area contributed by atoms with E-state index in [9.17, 15) is 14.4 Å². The molecule has 3 atom stereocenters. The molecule has 3 unspecified atom stereocenters. The molecule has 136 valence electrons. The van der Waals surface area contributed by atoms with Gasteiger partial charge in [-0.05, 0) is 31.9 Å². The Bertz CT molecular complexity index is 818. The Morgan fingerprint density at radius 3 is 2.54 bits per heavy atom. The van der Waals surface area contributed by atoms with E-state index in [2.05, 4.69) is 15.3 Å². The van der Waals surface area contributed by atoms with Crippen molar-refractivity contribution in [1.82, 2.24) is 20.2 Å². The van der Waals surface area contributed by atoms with Crippen LogP contribution in [0.3, 0.4) is 0 Å². The molecule has 2 fully saturated rings. The van der Waals surface area contributed by atoms with Crippen LogP contribution >= 0.6 is 0 Å². The lowest BCUT2D eigenvalue weighted by Crippen LogP contribution is -2.41. The van der Waals surface area contributed by atoms with Crippen LogP contribution in [0.1, 0.15) is 44.5 Å². The van der Waals surface area contributed by atoms with Crippen LogP contribution < -0.4 is 5.32 Å². The van der Waals surface area contributed by atoms with Crippen molar-refractivity contribution < 1.29 is 14.4 Å². The van der Waals surface area contributed by atoms with Gasteiger partial charge in [-0.2, -0.15) is 0 Å². The summed E-state index contributed by atoms with van der Waals surface area (Å²) in [5.41, 5.74) is 1.73. The Morgan fingerprint density at radius 1 is 1.23 bits per heavy atom. The zero-order valence-electron chi connectivity index (χ0n) is 14.7. The molecule has 2 heterocycles. The van der Waals surface area contributed by atoms with Crippen LogP contribution in [0.15, 0.2) is 24.3 Å². The molecule has 0 bridgehead atoms. The number of imidazole rings is 1. The Morgan fingerprint density at radius 2 is 1.88 bits per heavy atom. The van der Waals surface area contributed by atoms with Gasteiger partial charge in [0, 0.05) is 0 Å². The van der Waals surface area contributed by atoms with Gasteiger partial charge in [-0.3, -0.25) is 19.3 Å². The van der Waals surface area contributed by atoms with Gasteiger partial charge in [-0.15, -0.1) is 0 Å². The van der Waals surface area contributed by atoms with E-state index in [0.29, 0.717) is 5.82 Å². The molecule has 26 heavy (non-hydrogen) atoms. The quantitative estimate of drug-likeness (QED) is 0.820. The lowest BCUT2D eigenvalue weighted by atomic mass is 9.81. The molecule has 7 heteroatoms. The summed E-state index contributed by atoms with van der Waals surface area (Å²) in [6.07, 6.45) is 3.46. The molecule has 4 rings (SSSR count). The number of hydrogen-bond acceptors (Lipinski definition) is 4. The number of hydrogen-bond donors (Lipinski definition) is 2. The maximum atomic E-state index is 12.5. The zero-order valence-corrected chi connectivity index (χ0v) is 14.7. The fourth-order valence-electron chi connectivity index (χ4n) is 4.06. The molecule has 1 saturated heterocycles. The molecule has 7 nitrogen and oxygen atoms in total. The van der Waals surface area contributed by atoms with Crippen LogP contribution in [0, 0.1) is 11.8 Å². The number of nitrogens with one attached hydrogen (secondary N) is 2. The molecule has 0 radical (unpaired) electrons. The van der Waals surface area contributed by atoms with Gasteiger partial charge >= 0.3 is 0 Å². The molecule has 1 aromatic carbocycles. The minimum absolute atomic E-state index is 0.189. The van der Waals surface area contributed by atoms with Gasteiger partial charge in [-0.1, -0.05) is 25.0 Å². The van der Waals surface area contributed by atoms with Crippen molar-refractivity contribution in [2.24, 2.45) is 11.8 Å². The van der Waals surface area contributed by atoms with Gasteiger partial charge in [0.1, 0.15) is 12.4 Å². The Hall–Kier alpha value is -2.70. The third-order valence-corrected chi connectivity index (χ3v) is 5.43. The smallest absolute Gasteiger partial charge is 0.240 e.